The molecule has 1 aromatic heterocycles. The van der Waals surface area contributed by atoms with Gasteiger partial charge in [0.25, 0.3) is 0 Å². The molecule has 3 rings (SSSR count). The number of ether oxygens (including phenoxy) is 1. The summed E-state index contributed by atoms with van der Waals surface area (Å²) >= 11 is 0. The predicted octanol–water partition coefficient (Wildman–Crippen LogP) is 3.18. The van der Waals surface area contributed by atoms with Gasteiger partial charge in [-0.1, -0.05) is 24.3 Å². The molecule has 0 saturated heterocycles. The number of aromatic hydroxyl groups is 1. The Morgan fingerprint density at radius 1 is 1.05 bits per heavy atom. The van der Waals surface area contributed by atoms with E-state index >= 15 is 0 Å². The zero-order valence-electron chi connectivity index (χ0n) is 10.9. The van der Waals surface area contributed by atoms with E-state index in [0.717, 1.165) is 22.1 Å². The van der Waals surface area contributed by atoms with Crippen molar-refractivity contribution < 1.29 is 14.3 Å². The molecule has 2 aromatic carbocycles. The van der Waals surface area contributed by atoms with E-state index in [1.165, 1.54) is 0 Å². The molecule has 0 unspecified atom stereocenters. The molecule has 0 aliphatic heterocycles. The molecule has 3 N–H and O–H groups in total. The molecule has 0 aliphatic carbocycles. The number of hydrogen-bond donors (Lipinski definition) is 2. The normalized spacial score (nSPS) is 10.8. The van der Waals surface area contributed by atoms with Crippen molar-refractivity contribution in [3.63, 3.8) is 0 Å². The Morgan fingerprint density at radius 2 is 1.90 bits per heavy atom. The van der Waals surface area contributed by atoms with Gasteiger partial charge in [-0.3, -0.25) is 0 Å². The number of benzene rings is 2. The van der Waals surface area contributed by atoms with Gasteiger partial charge in [-0.2, -0.15) is 0 Å². The van der Waals surface area contributed by atoms with Gasteiger partial charge < -0.3 is 20.0 Å². The predicted molar refractivity (Wildman–Crippen MR) is 76.5 cm³/mol. The van der Waals surface area contributed by atoms with Gasteiger partial charge in [0.2, 0.25) is 0 Å². The summed E-state index contributed by atoms with van der Waals surface area (Å²) < 4.78 is 11.2. The summed E-state index contributed by atoms with van der Waals surface area (Å²) in [6, 6.07) is 12.7. The Balaban J connectivity index is 1.90. The van der Waals surface area contributed by atoms with Gasteiger partial charge >= 0.3 is 0 Å². The van der Waals surface area contributed by atoms with Gasteiger partial charge in [-0.05, 0) is 23.8 Å². The lowest BCUT2D eigenvalue weighted by molar-refractivity contribution is 0.289. The van der Waals surface area contributed by atoms with Gasteiger partial charge in [-0.25, -0.2) is 0 Å². The Hall–Kier alpha value is -2.46. The zero-order valence-corrected chi connectivity index (χ0v) is 10.9. The number of phenols is 1. The molecule has 0 fully saturated rings. The monoisotopic (exact) mass is 269 g/mol. The van der Waals surface area contributed by atoms with Crippen LogP contribution in [0.2, 0.25) is 0 Å². The first kappa shape index (κ1) is 12.6. The van der Waals surface area contributed by atoms with Crippen LogP contribution in [0.25, 0.3) is 11.0 Å². The first-order valence-electron chi connectivity index (χ1n) is 6.38. The van der Waals surface area contributed by atoms with Crippen molar-refractivity contribution in [1.82, 2.24) is 0 Å². The van der Waals surface area contributed by atoms with E-state index in [9.17, 15) is 5.11 Å². The van der Waals surface area contributed by atoms with E-state index < -0.39 is 0 Å². The summed E-state index contributed by atoms with van der Waals surface area (Å²) in [4.78, 5) is 0. The number of hydrogen-bond acceptors (Lipinski definition) is 4. The standard InChI is InChI=1S/C16H15NO3/c17-8-11-4-3-7-15-16(11)12(10-20-15)9-19-14-6-2-1-5-13(14)18/h1-7,10,18H,8-9,17H2. The van der Waals surface area contributed by atoms with Crippen LogP contribution in [0.4, 0.5) is 0 Å². The summed E-state index contributed by atoms with van der Waals surface area (Å²) in [5, 5.41) is 10.7. The fourth-order valence-corrected chi connectivity index (χ4v) is 2.24. The highest BCUT2D eigenvalue weighted by Crippen LogP contribution is 2.29. The molecule has 0 bridgehead atoms. The average Bonchev–Trinajstić information content (AvgIpc) is 2.90. The summed E-state index contributed by atoms with van der Waals surface area (Å²) in [7, 11) is 0. The van der Waals surface area contributed by atoms with Crippen LogP contribution in [0.15, 0.2) is 53.1 Å². The van der Waals surface area contributed by atoms with Crippen LogP contribution in [-0.2, 0) is 13.2 Å². The lowest BCUT2D eigenvalue weighted by Crippen LogP contribution is -1.99. The third kappa shape index (κ3) is 2.21. The zero-order chi connectivity index (χ0) is 13.9. The number of phenolic OH excluding ortho intramolecular Hbond substituents is 1. The smallest absolute Gasteiger partial charge is 0.161 e. The molecule has 0 atom stereocenters. The quantitative estimate of drug-likeness (QED) is 0.763. The van der Waals surface area contributed by atoms with E-state index in [-0.39, 0.29) is 5.75 Å². The first-order valence-corrected chi connectivity index (χ1v) is 6.38. The molecular weight excluding hydrogens is 254 g/mol. The number of furan rings is 1. The lowest BCUT2D eigenvalue weighted by Gasteiger charge is -2.07. The second-order valence-corrected chi connectivity index (χ2v) is 4.51. The number of nitrogens with two attached hydrogens (primary N) is 1. The Morgan fingerprint density at radius 3 is 2.70 bits per heavy atom. The summed E-state index contributed by atoms with van der Waals surface area (Å²) in [6.07, 6.45) is 1.67. The summed E-state index contributed by atoms with van der Waals surface area (Å²) in [6.45, 7) is 0.766. The highest BCUT2D eigenvalue weighted by atomic mass is 16.5. The maximum Gasteiger partial charge on any atom is 0.161 e. The lowest BCUT2D eigenvalue weighted by atomic mass is 10.1. The molecule has 0 saturated carbocycles. The van der Waals surface area contributed by atoms with Crippen molar-refractivity contribution in [2.24, 2.45) is 5.73 Å². The van der Waals surface area contributed by atoms with E-state index in [0.29, 0.717) is 18.9 Å². The minimum atomic E-state index is 0.124. The largest absolute Gasteiger partial charge is 0.504 e. The fourth-order valence-electron chi connectivity index (χ4n) is 2.24. The van der Waals surface area contributed by atoms with Crippen LogP contribution in [-0.4, -0.2) is 5.11 Å². The molecular formula is C16H15NO3. The molecule has 20 heavy (non-hydrogen) atoms. The van der Waals surface area contributed by atoms with Gasteiger partial charge in [0.05, 0.1) is 6.26 Å². The second kappa shape index (κ2) is 5.27. The van der Waals surface area contributed by atoms with E-state index in [1.807, 2.05) is 24.3 Å². The molecule has 102 valence electrons. The maximum atomic E-state index is 9.68. The van der Waals surface area contributed by atoms with E-state index in [2.05, 4.69) is 0 Å². The molecule has 4 heteroatoms. The Bertz CT molecular complexity index is 733. The maximum absolute atomic E-state index is 9.68. The Labute approximate surface area is 116 Å². The van der Waals surface area contributed by atoms with Crippen molar-refractivity contribution in [3.8, 4) is 11.5 Å². The summed E-state index contributed by atoms with van der Waals surface area (Å²) in [5.41, 5.74) is 8.49. The average molecular weight is 269 g/mol. The minimum Gasteiger partial charge on any atom is -0.504 e. The van der Waals surface area contributed by atoms with Crippen molar-refractivity contribution in [1.29, 1.82) is 0 Å². The third-order valence-corrected chi connectivity index (χ3v) is 3.23. The van der Waals surface area contributed by atoms with Gasteiger partial charge in [0.15, 0.2) is 11.5 Å². The Kier molecular flexibility index (Phi) is 3.31. The molecule has 0 amide bonds. The molecule has 4 nitrogen and oxygen atoms in total. The van der Waals surface area contributed by atoms with Crippen LogP contribution < -0.4 is 10.5 Å². The highest BCUT2D eigenvalue weighted by Gasteiger charge is 2.11. The van der Waals surface area contributed by atoms with Crippen LogP contribution in [0.3, 0.4) is 0 Å². The van der Waals surface area contributed by atoms with E-state index in [4.69, 9.17) is 14.9 Å². The topological polar surface area (TPSA) is 68.6 Å². The SMILES string of the molecule is NCc1cccc2occ(COc3ccccc3O)c12. The van der Waals surface area contributed by atoms with Gasteiger partial charge in [0.1, 0.15) is 12.2 Å². The fraction of sp³-hybridized carbons (Fsp3) is 0.125. The van der Waals surface area contributed by atoms with Crippen molar-refractivity contribution in [2.75, 3.05) is 0 Å². The third-order valence-electron chi connectivity index (χ3n) is 3.23. The number of para-hydroxylation sites is 2. The van der Waals surface area contributed by atoms with Crippen LogP contribution in [0, 0.1) is 0 Å². The second-order valence-electron chi connectivity index (χ2n) is 4.51. The first-order chi connectivity index (χ1) is 9.79. The van der Waals surface area contributed by atoms with Gasteiger partial charge in [-0.15, -0.1) is 0 Å². The molecule has 0 radical (unpaired) electrons. The number of rotatable bonds is 4. The van der Waals surface area contributed by atoms with Gasteiger partial charge in [0, 0.05) is 17.5 Å². The van der Waals surface area contributed by atoms with E-state index in [1.54, 1.807) is 24.5 Å². The highest BCUT2D eigenvalue weighted by molar-refractivity contribution is 5.84. The summed E-state index contributed by atoms with van der Waals surface area (Å²) in [5.74, 6) is 0.575. The van der Waals surface area contributed by atoms with Crippen molar-refractivity contribution in [2.45, 2.75) is 13.2 Å². The molecule has 0 spiro atoms. The number of fused-ring (bicyclic) bond motifs is 1. The minimum absolute atomic E-state index is 0.124. The van der Waals surface area contributed by atoms with Crippen LogP contribution in [0.5, 0.6) is 11.5 Å². The van der Waals surface area contributed by atoms with Crippen molar-refractivity contribution >= 4 is 11.0 Å². The van der Waals surface area contributed by atoms with Crippen LogP contribution >= 0.6 is 0 Å². The molecule has 0 aliphatic rings. The van der Waals surface area contributed by atoms with Crippen molar-refractivity contribution in [3.05, 3.63) is 59.9 Å². The molecule has 1 heterocycles. The van der Waals surface area contributed by atoms with Crippen LogP contribution in [0.1, 0.15) is 11.1 Å². The molecule has 3 aromatic rings.